The van der Waals surface area contributed by atoms with Gasteiger partial charge in [-0.15, -0.1) is 0 Å². The Bertz CT molecular complexity index is 919. The van der Waals surface area contributed by atoms with E-state index in [4.69, 9.17) is 0 Å². The van der Waals surface area contributed by atoms with Crippen molar-refractivity contribution in [1.29, 1.82) is 0 Å². The molecule has 24 heavy (non-hydrogen) atoms. The number of hydrogen-bond acceptors (Lipinski definition) is 5. The maximum Gasteiger partial charge on any atom is 0.175 e. The van der Waals surface area contributed by atoms with Crippen LogP contribution in [0.15, 0.2) is 65.8 Å². The molecule has 1 atom stereocenters. The number of aliphatic hydroxyl groups is 1. The van der Waals surface area contributed by atoms with Gasteiger partial charge in [0.25, 0.3) is 0 Å². The molecule has 3 rings (SSSR count). The Balaban J connectivity index is 1.73. The maximum absolute atomic E-state index is 11.5. The molecule has 1 aromatic carbocycles. The second-order valence-electron chi connectivity index (χ2n) is 5.49. The molecule has 1 N–H and O–H groups in total. The fourth-order valence-electron chi connectivity index (χ4n) is 2.33. The quantitative estimate of drug-likeness (QED) is 0.767. The normalized spacial score (nSPS) is 12.9. The van der Waals surface area contributed by atoms with Crippen LogP contribution in [-0.4, -0.2) is 34.5 Å². The lowest BCUT2D eigenvalue weighted by Gasteiger charge is -2.11. The van der Waals surface area contributed by atoms with E-state index in [1.54, 1.807) is 29.2 Å². The number of benzene rings is 1. The number of hydrogen-bond donors (Lipinski definition) is 1. The summed E-state index contributed by atoms with van der Waals surface area (Å²) in [4.78, 5) is 4.47. The van der Waals surface area contributed by atoms with Crippen LogP contribution >= 0.6 is 0 Å². The number of nitrogens with zero attached hydrogens (tertiary/aromatic N) is 3. The zero-order chi connectivity index (χ0) is 17.2. The minimum atomic E-state index is -3.24. The summed E-state index contributed by atoms with van der Waals surface area (Å²) in [6.07, 6.45) is 3.85. The van der Waals surface area contributed by atoms with Crippen molar-refractivity contribution in [3.05, 3.63) is 66.5 Å². The molecule has 2 aromatic heterocycles. The third-order valence-electron chi connectivity index (χ3n) is 3.62. The van der Waals surface area contributed by atoms with E-state index in [9.17, 15) is 13.5 Å². The van der Waals surface area contributed by atoms with Gasteiger partial charge in [-0.25, -0.2) is 8.42 Å². The van der Waals surface area contributed by atoms with Gasteiger partial charge in [-0.1, -0.05) is 18.2 Å². The lowest BCUT2D eigenvalue weighted by atomic mass is 10.1. The first-order valence-corrected chi connectivity index (χ1v) is 9.25. The summed E-state index contributed by atoms with van der Waals surface area (Å²) in [6.45, 7) is 0.269. The molecular weight excluding hydrogens is 326 g/mol. The van der Waals surface area contributed by atoms with Gasteiger partial charge in [-0.05, 0) is 35.9 Å². The number of pyridine rings is 1. The lowest BCUT2D eigenvalue weighted by molar-refractivity contribution is 0.151. The van der Waals surface area contributed by atoms with Crippen LogP contribution in [0.2, 0.25) is 0 Å². The number of aliphatic hydroxyl groups excluding tert-OH is 1. The Morgan fingerprint density at radius 2 is 1.83 bits per heavy atom. The molecule has 0 saturated heterocycles. The second-order valence-corrected chi connectivity index (χ2v) is 7.51. The molecule has 0 spiro atoms. The van der Waals surface area contributed by atoms with Crippen LogP contribution in [0.3, 0.4) is 0 Å². The third-order valence-corrected chi connectivity index (χ3v) is 4.75. The summed E-state index contributed by atoms with van der Waals surface area (Å²) in [5.74, 6) is 0. The molecule has 0 aliphatic carbocycles. The topological polar surface area (TPSA) is 85.1 Å². The van der Waals surface area contributed by atoms with E-state index in [0.29, 0.717) is 5.56 Å². The second kappa shape index (κ2) is 6.54. The van der Waals surface area contributed by atoms with Crippen molar-refractivity contribution in [2.45, 2.75) is 17.5 Å². The standard InChI is InChI=1S/C17H17N3O3S/c1-24(22,23)14-7-5-13(6-8-14)17(21)12-20-11-9-16(19-20)15-4-2-3-10-18-15/h2-11,17,21H,12H2,1H3/t17-/m1/s1. The van der Waals surface area contributed by atoms with Crippen LogP contribution < -0.4 is 0 Å². The third kappa shape index (κ3) is 3.69. The minimum absolute atomic E-state index is 0.231. The fraction of sp³-hybridized carbons (Fsp3) is 0.176. The number of rotatable bonds is 5. The van der Waals surface area contributed by atoms with Crippen molar-refractivity contribution >= 4 is 9.84 Å². The molecule has 7 heteroatoms. The van der Waals surface area contributed by atoms with E-state index < -0.39 is 15.9 Å². The first kappa shape index (κ1) is 16.4. The van der Waals surface area contributed by atoms with Crippen LogP contribution in [-0.2, 0) is 16.4 Å². The molecule has 0 aliphatic heterocycles. The molecule has 0 amide bonds. The fourth-order valence-corrected chi connectivity index (χ4v) is 2.96. The summed E-state index contributed by atoms with van der Waals surface area (Å²) in [5.41, 5.74) is 2.13. The van der Waals surface area contributed by atoms with Gasteiger partial charge in [0.2, 0.25) is 0 Å². The van der Waals surface area contributed by atoms with Crippen molar-refractivity contribution in [3.8, 4) is 11.4 Å². The molecule has 2 heterocycles. The summed E-state index contributed by atoms with van der Waals surface area (Å²) in [7, 11) is -3.24. The van der Waals surface area contributed by atoms with E-state index in [2.05, 4.69) is 10.1 Å². The highest BCUT2D eigenvalue weighted by molar-refractivity contribution is 7.90. The van der Waals surface area contributed by atoms with Gasteiger partial charge in [-0.2, -0.15) is 5.10 Å². The SMILES string of the molecule is CS(=O)(=O)c1ccc([C@H](O)Cn2ccc(-c3ccccn3)n2)cc1. The highest BCUT2D eigenvalue weighted by Crippen LogP contribution is 2.19. The molecule has 0 unspecified atom stereocenters. The van der Waals surface area contributed by atoms with E-state index in [1.165, 1.54) is 12.1 Å². The molecule has 0 radical (unpaired) electrons. The van der Waals surface area contributed by atoms with Crippen molar-refractivity contribution in [2.75, 3.05) is 6.26 Å². The van der Waals surface area contributed by atoms with Crippen molar-refractivity contribution in [3.63, 3.8) is 0 Å². The van der Waals surface area contributed by atoms with E-state index in [0.717, 1.165) is 17.6 Å². The molecular formula is C17H17N3O3S. The van der Waals surface area contributed by atoms with Gasteiger partial charge in [0.1, 0.15) is 5.69 Å². The first-order chi connectivity index (χ1) is 11.4. The molecule has 0 aliphatic rings. The van der Waals surface area contributed by atoms with Gasteiger partial charge in [-0.3, -0.25) is 9.67 Å². The van der Waals surface area contributed by atoms with Crippen LogP contribution in [0.5, 0.6) is 0 Å². The van der Waals surface area contributed by atoms with Crippen molar-refractivity contribution in [2.24, 2.45) is 0 Å². The van der Waals surface area contributed by atoms with Crippen molar-refractivity contribution < 1.29 is 13.5 Å². The van der Waals surface area contributed by atoms with Crippen molar-refractivity contribution in [1.82, 2.24) is 14.8 Å². The molecule has 3 aromatic rings. The Hall–Kier alpha value is -2.51. The smallest absolute Gasteiger partial charge is 0.175 e. The summed E-state index contributed by atoms with van der Waals surface area (Å²) >= 11 is 0. The maximum atomic E-state index is 11.5. The molecule has 6 nitrogen and oxygen atoms in total. The highest BCUT2D eigenvalue weighted by Gasteiger charge is 2.12. The average Bonchev–Trinajstić information content (AvgIpc) is 3.03. The van der Waals surface area contributed by atoms with E-state index >= 15 is 0 Å². The summed E-state index contributed by atoms with van der Waals surface area (Å²) in [5, 5.41) is 14.7. The van der Waals surface area contributed by atoms with Gasteiger partial charge < -0.3 is 5.11 Å². The predicted molar refractivity (Wildman–Crippen MR) is 90.0 cm³/mol. The molecule has 0 saturated carbocycles. The number of sulfone groups is 1. The van der Waals surface area contributed by atoms with Crippen LogP contribution in [0, 0.1) is 0 Å². The predicted octanol–water partition coefficient (Wildman–Crippen LogP) is 2.08. The first-order valence-electron chi connectivity index (χ1n) is 7.36. The molecule has 0 bridgehead atoms. The Labute approximate surface area is 140 Å². The van der Waals surface area contributed by atoms with Gasteiger partial charge in [0.05, 0.1) is 23.2 Å². The molecule has 0 fully saturated rings. The largest absolute Gasteiger partial charge is 0.386 e. The summed E-state index contributed by atoms with van der Waals surface area (Å²) in [6, 6.07) is 13.7. The zero-order valence-electron chi connectivity index (χ0n) is 13.1. The van der Waals surface area contributed by atoms with Gasteiger partial charge in [0, 0.05) is 18.6 Å². The average molecular weight is 343 g/mol. The monoisotopic (exact) mass is 343 g/mol. The van der Waals surface area contributed by atoms with Gasteiger partial charge in [0.15, 0.2) is 9.84 Å². The summed E-state index contributed by atoms with van der Waals surface area (Å²) < 4.78 is 24.6. The minimum Gasteiger partial charge on any atom is -0.386 e. The van der Waals surface area contributed by atoms with Crippen LogP contribution in [0.25, 0.3) is 11.4 Å². The Morgan fingerprint density at radius 3 is 2.46 bits per heavy atom. The van der Waals surface area contributed by atoms with E-state index in [-0.39, 0.29) is 11.4 Å². The van der Waals surface area contributed by atoms with Crippen LogP contribution in [0.4, 0.5) is 0 Å². The Kier molecular flexibility index (Phi) is 4.46. The molecule has 124 valence electrons. The van der Waals surface area contributed by atoms with E-state index in [1.807, 2.05) is 24.3 Å². The Morgan fingerprint density at radius 1 is 1.08 bits per heavy atom. The zero-order valence-corrected chi connectivity index (χ0v) is 13.9. The van der Waals surface area contributed by atoms with Gasteiger partial charge >= 0.3 is 0 Å². The lowest BCUT2D eigenvalue weighted by Crippen LogP contribution is -2.09. The highest BCUT2D eigenvalue weighted by atomic mass is 32.2. The van der Waals surface area contributed by atoms with Crippen LogP contribution in [0.1, 0.15) is 11.7 Å². The number of aromatic nitrogens is 3.